The Morgan fingerprint density at radius 2 is 1.87 bits per heavy atom. The Morgan fingerprint density at radius 1 is 1.26 bits per heavy atom. The molecule has 2 rings (SSSR count). The minimum Gasteiger partial charge on any atom is -0.484 e. The molecule has 124 valence electrons. The molecule has 0 spiro atoms. The van der Waals surface area contributed by atoms with E-state index >= 15 is 0 Å². The van der Waals surface area contributed by atoms with Gasteiger partial charge in [0.05, 0.1) is 5.92 Å². The molecule has 3 N–H and O–H groups in total. The summed E-state index contributed by atoms with van der Waals surface area (Å²) >= 11 is 0. The average Bonchev–Trinajstić information content (AvgIpc) is 2.98. The number of carbonyl (C=O) groups excluding carboxylic acids is 2. The summed E-state index contributed by atoms with van der Waals surface area (Å²) in [7, 11) is 0. The Morgan fingerprint density at radius 3 is 2.39 bits per heavy atom. The average molecular weight is 316 g/mol. The molecule has 0 radical (unpaired) electrons. The Bertz CT molecular complexity index is 628. The number of allylic oxidation sites excluding steroid dienone is 2. The first kappa shape index (κ1) is 17.1. The number of hydrogen-bond donors (Lipinski definition) is 2. The molecule has 0 bridgehead atoms. The molecule has 0 unspecified atom stereocenters. The van der Waals surface area contributed by atoms with Gasteiger partial charge in [-0.1, -0.05) is 25.5 Å². The summed E-state index contributed by atoms with van der Waals surface area (Å²) in [5.74, 6) is 0.316. The van der Waals surface area contributed by atoms with Crippen LogP contribution >= 0.6 is 0 Å². The highest BCUT2D eigenvalue weighted by atomic mass is 16.5. The van der Waals surface area contributed by atoms with Crippen molar-refractivity contribution in [2.75, 3.05) is 11.9 Å². The number of ether oxygens (including phenoxy) is 1. The van der Waals surface area contributed by atoms with Gasteiger partial charge in [-0.05, 0) is 49.4 Å². The highest BCUT2D eigenvalue weighted by molar-refractivity contribution is 5.95. The third-order valence-corrected chi connectivity index (χ3v) is 4.21. The molecule has 23 heavy (non-hydrogen) atoms. The van der Waals surface area contributed by atoms with Crippen LogP contribution in [0.2, 0.25) is 0 Å². The molecule has 1 aromatic rings. The van der Waals surface area contributed by atoms with Crippen LogP contribution in [-0.2, 0) is 9.59 Å². The molecule has 0 aliphatic heterocycles. The maximum absolute atomic E-state index is 12.4. The fourth-order valence-corrected chi connectivity index (χ4v) is 2.86. The zero-order valence-electron chi connectivity index (χ0n) is 14.1. The topological polar surface area (TPSA) is 81.4 Å². The quantitative estimate of drug-likeness (QED) is 0.792. The number of nitrogens with one attached hydrogen (secondary N) is 1. The first-order valence-corrected chi connectivity index (χ1v) is 7.69. The van der Waals surface area contributed by atoms with Crippen molar-refractivity contribution < 1.29 is 14.3 Å². The first-order valence-electron chi connectivity index (χ1n) is 7.69. The van der Waals surface area contributed by atoms with Gasteiger partial charge < -0.3 is 15.8 Å². The van der Waals surface area contributed by atoms with Crippen LogP contribution in [0.3, 0.4) is 0 Å². The lowest BCUT2D eigenvalue weighted by atomic mass is 10.1. The van der Waals surface area contributed by atoms with Gasteiger partial charge in [-0.2, -0.15) is 0 Å². The van der Waals surface area contributed by atoms with Gasteiger partial charge in [0.1, 0.15) is 5.75 Å². The molecule has 1 aliphatic rings. The van der Waals surface area contributed by atoms with Crippen molar-refractivity contribution in [1.29, 1.82) is 0 Å². The number of primary amides is 1. The molecular formula is C18H24N2O3. The van der Waals surface area contributed by atoms with Crippen LogP contribution in [0.1, 0.15) is 27.7 Å². The van der Waals surface area contributed by atoms with Gasteiger partial charge in [0.15, 0.2) is 6.61 Å². The van der Waals surface area contributed by atoms with E-state index in [9.17, 15) is 9.59 Å². The van der Waals surface area contributed by atoms with Gasteiger partial charge in [0.2, 0.25) is 5.91 Å². The zero-order chi connectivity index (χ0) is 17.2. The van der Waals surface area contributed by atoms with Crippen LogP contribution in [-0.4, -0.2) is 18.4 Å². The van der Waals surface area contributed by atoms with Gasteiger partial charge in [0.25, 0.3) is 5.91 Å². The van der Waals surface area contributed by atoms with Gasteiger partial charge in [-0.3, -0.25) is 9.59 Å². The number of hydrogen-bond acceptors (Lipinski definition) is 3. The standard InChI is InChI=1S/C18H24N2O3/c1-11(2)9-14-16(18(14,3)4)17(22)20-12-5-7-13(8-6-12)23-10-15(19)21/h5-9,14,16H,10H2,1-4H3,(H2,19,21)(H,20,22)/t14-,16-/m0/s1. The fourth-order valence-electron chi connectivity index (χ4n) is 2.86. The van der Waals surface area contributed by atoms with Crippen LogP contribution in [0.4, 0.5) is 5.69 Å². The van der Waals surface area contributed by atoms with Gasteiger partial charge in [0, 0.05) is 5.69 Å². The number of benzene rings is 1. The minimum atomic E-state index is -0.524. The van der Waals surface area contributed by atoms with Crippen molar-refractivity contribution in [1.82, 2.24) is 0 Å². The molecule has 1 fully saturated rings. The largest absolute Gasteiger partial charge is 0.484 e. The molecule has 2 amide bonds. The predicted octanol–water partition coefficient (Wildman–Crippen LogP) is 2.73. The summed E-state index contributed by atoms with van der Waals surface area (Å²) in [5, 5.41) is 2.94. The third-order valence-electron chi connectivity index (χ3n) is 4.21. The van der Waals surface area contributed by atoms with Crippen LogP contribution in [0, 0.1) is 17.3 Å². The lowest BCUT2D eigenvalue weighted by Gasteiger charge is -2.08. The lowest BCUT2D eigenvalue weighted by Crippen LogP contribution is -2.20. The van der Waals surface area contributed by atoms with Crippen LogP contribution in [0.25, 0.3) is 0 Å². The van der Waals surface area contributed by atoms with Crippen molar-refractivity contribution >= 4 is 17.5 Å². The molecule has 1 aliphatic carbocycles. The summed E-state index contributed by atoms with van der Waals surface area (Å²) < 4.78 is 5.19. The summed E-state index contributed by atoms with van der Waals surface area (Å²) in [6, 6.07) is 6.90. The maximum Gasteiger partial charge on any atom is 0.255 e. The number of nitrogens with two attached hydrogens (primary N) is 1. The van der Waals surface area contributed by atoms with Gasteiger partial charge in [-0.25, -0.2) is 0 Å². The molecule has 2 atom stereocenters. The van der Waals surface area contributed by atoms with Crippen LogP contribution in [0.5, 0.6) is 5.75 Å². The van der Waals surface area contributed by atoms with E-state index in [0.717, 1.165) is 0 Å². The molecule has 1 aromatic carbocycles. The number of carbonyl (C=O) groups is 2. The highest BCUT2D eigenvalue weighted by Crippen LogP contribution is 2.59. The van der Waals surface area contributed by atoms with E-state index < -0.39 is 5.91 Å². The zero-order valence-corrected chi connectivity index (χ0v) is 14.1. The second-order valence-electron chi connectivity index (χ2n) is 6.84. The van der Waals surface area contributed by atoms with E-state index in [4.69, 9.17) is 10.5 Å². The van der Waals surface area contributed by atoms with Crippen LogP contribution in [0.15, 0.2) is 35.9 Å². The van der Waals surface area contributed by atoms with E-state index in [1.165, 1.54) is 5.57 Å². The van der Waals surface area contributed by atoms with E-state index in [2.05, 4.69) is 25.2 Å². The monoisotopic (exact) mass is 316 g/mol. The predicted molar refractivity (Wildman–Crippen MR) is 90.0 cm³/mol. The number of anilines is 1. The molecule has 0 saturated heterocycles. The summed E-state index contributed by atoms with van der Waals surface area (Å²) in [6.07, 6.45) is 2.17. The lowest BCUT2D eigenvalue weighted by molar-refractivity contribution is -0.120. The minimum absolute atomic E-state index is 0.00804. The SMILES string of the molecule is CC(C)=C[C@H]1[C@@H](C(=O)Nc2ccc(OCC(N)=O)cc2)C1(C)C. The molecule has 5 heteroatoms. The van der Waals surface area contributed by atoms with Crippen LogP contribution < -0.4 is 15.8 Å². The van der Waals surface area contributed by atoms with Gasteiger partial charge >= 0.3 is 0 Å². The number of amides is 2. The summed E-state index contributed by atoms with van der Waals surface area (Å²) in [6.45, 7) is 8.17. The van der Waals surface area contributed by atoms with E-state index in [0.29, 0.717) is 11.4 Å². The van der Waals surface area contributed by atoms with Gasteiger partial charge in [-0.15, -0.1) is 0 Å². The Labute approximate surface area is 136 Å². The van der Waals surface area contributed by atoms with Crippen molar-refractivity contribution in [2.24, 2.45) is 23.0 Å². The molecule has 0 heterocycles. The van der Waals surface area contributed by atoms with Crippen molar-refractivity contribution in [2.45, 2.75) is 27.7 Å². The normalized spacial score (nSPS) is 21.2. The van der Waals surface area contributed by atoms with E-state index in [1.54, 1.807) is 24.3 Å². The second-order valence-corrected chi connectivity index (χ2v) is 6.84. The fraction of sp³-hybridized carbons (Fsp3) is 0.444. The number of rotatable bonds is 6. The molecular weight excluding hydrogens is 292 g/mol. The molecule has 1 saturated carbocycles. The Hall–Kier alpha value is -2.30. The Kier molecular flexibility index (Phi) is 4.78. The molecule has 0 aromatic heterocycles. The summed E-state index contributed by atoms with van der Waals surface area (Å²) in [5.41, 5.74) is 6.95. The highest BCUT2D eigenvalue weighted by Gasteiger charge is 2.60. The summed E-state index contributed by atoms with van der Waals surface area (Å²) in [4.78, 5) is 23.1. The van der Waals surface area contributed by atoms with Crippen molar-refractivity contribution in [3.05, 3.63) is 35.9 Å². The maximum atomic E-state index is 12.4. The Balaban J connectivity index is 1.96. The second kappa shape index (κ2) is 6.44. The molecule has 5 nitrogen and oxygen atoms in total. The van der Waals surface area contributed by atoms with E-state index in [-0.39, 0.29) is 29.8 Å². The smallest absolute Gasteiger partial charge is 0.255 e. The first-order chi connectivity index (χ1) is 10.7. The third kappa shape index (κ3) is 4.12. The van der Waals surface area contributed by atoms with E-state index in [1.807, 2.05) is 13.8 Å². The van der Waals surface area contributed by atoms with Crippen molar-refractivity contribution in [3.63, 3.8) is 0 Å². The van der Waals surface area contributed by atoms with Crippen molar-refractivity contribution in [3.8, 4) is 5.75 Å².